The van der Waals surface area contributed by atoms with E-state index in [-0.39, 0.29) is 5.91 Å². The normalized spacial score (nSPS) is 12.0. The van der Waals surface area contributed by atoms with E-state index in [2.05, 4.69) is 26.5 Å². The Morgan fingerprint density at radius 1 is 1.03 bits per heavy atom. The Bertz CT molecular complexity index is 1350. The van der Waals surface area contributed by atoms with Crippen molar-refractivity contribution in [1.82, 2.24) is 5.43 Å². The molecule has 9 heteroatoms. The number of halogens is 2. The molecule has 1 N–H and O–H groups in total. The van der Waals surface area contributed by atoms with Crippen LogP contribution < -0.4 is 14.9 Å². The number of nitrogens with one attached hydrogen (secondary N) is 1. The van der Waals surface area contributed by atoms with Gasteiger partial charge in [-0.1, -0.05) is 45.7 Å². The predicted molar refractivity (Wildman–Crippen MR) is 138 cm³/mol. The van der Waals surface area contributed by atoms with Crippen molar-refractivity contribution in [3.05, 3.63) is 92.7 Å². The second-order valence-corrected chi connectivity index (χ2v) is 9.49. The molecule has 0 aliphatic heterocycles. The molecule has 172 valence electrons. The van der Waals surface area contributed by atoms with Gasteiger partial charge in [0, 0.05) is 14.6 Å². The van der Waals surface area contributed by atoms with Crippen molar-refractivity contribution in [2.75, 3.05) is 0 Å². The first-order valence-corrected chi connectivity index (χ1v) is 12.1. The van der Waals surface area contributed by atoms with Crippen molar-refractivity contribution in [2.45, 2.75) is 13.0 Å². The first kappa shape index (κ1) is 23.9. The van der Waals surface area contributed by atoms with Crippen LogP contribution in [0.25, 0.3) is 10.1 Å². The van der Waals surface area contributed by atoms with Crippen LogP contribution in [0.15, 0.2) is 82.4 Å². The zero-order valence-corrected chi connectivity index (χ0v) is 21.0. The van der Waals surface area contributed by atoms with Crippen LogP contribution in [0.5, 0.6) is 11.5 Å². The van der Waals surface area contributed by atoms with Gasteiger partial charge in [0.05, 0.1) is 11.2 Å². The lowest BCUT2D eigenvalue weighted by Crippen LogP contribution is -2.33. The smallest absolute Gasteiger partial charge is 0.355 e. The van der Waals surface area contributed by atoms with Gasteiger partial charge in [-0.05, 0) is 67.1 Å². The van der Waals surface area contributed by atoms with Crippen LogP contribution in [0, 0.1) is 0 Å². The summed E-state index contributed by atoms with van der Waals surface area (Å²) in [7, 11) is 0. The van der Waals surface area contributed by atoms with Crippen LogP contribution in [-0.4, -0.2) is 24.2 Å². The number of amides is 1. The molecule has 4 aromatic rings. The van der Waals surface area contributed by atoms with E-state index in [4.69, 9.17) is 21.1 Å². The number of hydrogen-bond donors (Lipinski definition) is 1. The van der Waals surface area contributed by atoms with Gasteiger partial charge in [0.2, 0.25) is 0 Å². The predicted octanol–water partition coefficient (Wildman–Crippen LogP) is 6.45. The number of thiophene rings is 1. The molecule has 0 aliphatic rings. The van der Waals surface area contributed by atoms with Gasteiger partial charge in [-0.25, -0.2) is 10.2 Å². The second kappa shape index (κ2) is 10.8. The number of ether oxygens (including phenoxy) is 2. The highest BCUT2D eigenvalue weighted by Crippen LogP contribution is 2.35. The van der Waals surface area contributed by atoms with E-state index in [1.807, 2.05) is 36.4 Å². The average Bonchev–Trinajstić information content (AvgIpc) is 3.18. The Balaban J connectivity index is 1.31. The van der Waals surface area contributed by atoms with Gasteiger partial charge in [0.15, 0.2) is 6.10 Å². The Morgan fingerprint density at radius 3 is 2.41 bits per heavy atom. The number of carbonyl (C=O) groups excluding carboxylic acids is 2. The fourth-order valence-electron chi connectivity index (χ4n) is 2.95. The van der Waals surface area contributed by atoms with Crippen molar-refractivity contribution < 1.29 is 19.1 Å². The van der Waals surface area contributed by atoms with E-state index in [1.54, 1.807) is 43.3 Å². The van der Waals surface area contributed by atoms with Gasteiger partial charge >= 0.3 is 5.97 Å². The maximum atomic E-state index is 12.6. The summed E-state index contributed by atoms with van der Waals surface area (Å²) in [5.41, 5.74) is 3.16. The number of carbonyl (C=O) groups is 2. The number of rotatable bonds is 7. The van der Waals surface area contributed by atoms with Crippen LogP contribution in [-0.2, 0) is 4.79 Å². The number of esters is 1. The van der Waals surface area contributed by atoms with Crippen molar-refractivity contribution >= 4 is 67.0 Å². The molecule has 0 saturated heterocycles. The van der Waals surface area contributed by atoms with Gasteiger partial charge in [0.1, 0.15) is 16.4 Å². The summed E-state index contributed by atoms with van der Waals surface area (Å²) in [4.78, 5) is 25.1. The maximum absolute atomic E-state index is 12.6. The maximum Gasteiger partial charge on any atom is 0.355 e. The third-order valence-corrected chi connectivity index (χ3v) is 6.88. The first-order valence-electron chi connectivity index (χ1n) is 10.1. The van der Waals surface area contributed by atoms with Gasteiger partial charge in [-0.2, -0.15) is 5.10 Å². The number of benzene rings is 3. The largest absolute Gasteiger partial charge is 0.481 e. The SMILES string of the molecule is CC(Oc1ccc(Br)cc1)C(=O)N/N=C/c1ccc(OC(=O)c2sc3ccccc3c2Cl)cc1. The fraction of sp³-hybridized carbons (Fsp3) is 0.0800. The van der Waals surface area contributed by atoms with Crippen LogP contribution >= 0.6 is 38.9 Å². The van der Waals surface area contributed by atoms with Crippen molar-refractivity contribution in [1.29, 1.82) is 0 Å². The Hall–Kier alpha value is -3.20. The fourth-order valence-corrected chi connectivity index (χ4v) is 4.60. The third-order valence-electron chi connectivity index (χ3n) is 4.70. The molecule has 0 aliphatic carbocycles. The lowest BCUT2D eigenvalue weighted by molar-refractivity contribution is -0.127. The molecule has 0 spiro atoms. The summed E-state index contributed by atoms with van der Waals surface area (Å²) in [6, 6.07) is 21.4. The van der Waals surface area contributed by atoms with E-state index < -0.39 is 12.1 Å². The summed E-state index contributed by atoms with van der Waals surface area (Å²) < 4.78 is 12.9. The minimum atomic E-state index is -0.721. The van der Waals surface area contributed by atoms with Gasteiger partial charge in [-0.15, -0.1) is 11.3 Å². The molecular weight excluding hydrogens is 540 g/mol. The molecule has 1 aromatic heterocycles. The van der Waals surface area contributed by atoms with E-state index in [0.717, 1.165) is 14.6 Å². The lowest BCUT2D eigenvalue weighted by Gasteiger charge is -2.12. The van der Waals surface area contributed by atoms with Crippen molar-refractivity contribution in [3.8, 4) is 11.5 Å². The Labute approximate surface area is 213 Å². The zero-order chi connectivity index (χ0) is 24.1. The topological polar surface area (TPSA) is 77.0 Å². The molecule has 0 radical (unpaired) electrons. The summed E-state index contributed by atoms with van der Waals surface area (Å²) in [5.74, 6) is 0.0534. The highest BCUT2D eigenvalue weighted by atomic mass is 79.9. The molecule has 1 unspecified atom stereocenters. The number of hydrogen-bond acceptors (Lipinski definition) is 6. The highest BCUT2D eigenvalue weighted by Gasteiger charge is 2.19. The molecule has 6 nitrogen and oxygen atoms in total. The van der Waals surface area contributed by atoms with E-state index in [0.29, 0.717) is 27.0 Å². The molecule has 34 heavy (non-hydrogen) atoms. The molecule has 0 saturated carbocycles. The molecule has 1 atom stereocenters. The Morgan fingerprint density at radius 2 is 1.71 bits per heavy atom. The lowest BCUT2D eigenvalue weighted by atomic mass is 10.2. The van der Waals surface area contributed by atoms with E-state index in [9.17, 15) is 9.59 Å². The van der Waals surface area contributed by atoms with Crippen LogP contribution in [0.2, 0.25) is 5.02 Å². The monoisotopic (exact) mass is 556 g/mol. The van der Waals surface area contributed by atoms with Gasteiger partial charge in [-0.3, -0.25) is 4.79 Å². The molecule has 0 bridgehead atoms. The molecule has 3 aromatic carbocycles. The first-order chi connectivity index (χ1) is 16.4. The van der Waals surface area contributed by atoms with Crippen LogP contribution in [0.3, 0.4) is 0 Å². The van der Waals surface area contributed by atoms with Gasteiger partial charge < -0.3 is 9.47 Å². The van der Waals surface area contributed by atoms with E-state index in [1.165, 1.54) is 17.6 Å². The molecule has 1 amide bonds. The van der Waals surface area contributed by atoms with Gasteiger partial charge in [0.25, 0.3) is 5.91 Å². The van der Waals surface area contributed by atoms with Crippen molar-refractivity contribution in [3.63, 3.8) is 0 Å². The number of hydrazone groups is 1. The third kappa shape index (κ3) is 5.83. The summed E-state index contributed by atoms with van der Waals surface area (Å²) in [5, 5.41) is 5.17. The number of fused-ring (bicyclic) bond motifs is 1. The molecule has 1 heterocycles. The van der Waals surface area contributed by atoms with Crippen LogP contribution in [0.1, 0.15) is 22.2 Å². The second-order valence-electron chi connectivity index (χ2n) is 7.15. The minimum absolute atomic E-state index is 0.357. The quantitative estimate of drug-likeness (QED) is 0.123. The van der Waals surface area contributed by atoms with Crippen LogP contribution in [0.4, 0.5) is 0 Å². The summed E-state index contributed by atoms with van der Waals surface area (Å²) in [6.07, 6.45) is 0.763. The molecular formula is C25H18BrClN2O4S. The zero-order valence-electron chi connectivity index (χ0n) is 17.8. The van der Waals surface area contributed by atoms with E-state index >= 15 is 0 Å². The number of nitrogens with zero attached hydrogens (tertiary/aromatic N) is 1. The standard InChI is InChI=1S/C25H18BrClN2O4S/c1-15(32-18-12-8-17(26)9-13-18)24(30)29-28-14-16-6-10-19(11-7-16)33-25(31)23-22(27)20-4-2-3-5-21(20)34-23/h2-15H,1H3,(H,29,30)/b28-14+. The highest BCUT2D eigenvalue weighted by molar-refractivity contribution is 9.10. The Kier molecular flexibility index (Phi) is 7.62. The van der Waals surface area contributed by atoms with Crippen molar-refractivity contribution in [2.24, 2.45) is 5.10 Å². The average molecular weight is 558 g/mol. The summed E-state index contributed by atoms with van der Waals surface area (Å²) in [6.45, 7) is 1.64. The summed E-state index contributed by atoms with van der Waals surface area (Å²) >= 11 is 11.0. The minimum Gasteiger partial charge on any atom is -0.481 e. The molecule has 0 fully saturated rings. The molecule has 4 rings (SSSR count).